The fraction of sp³-hybridized carbons (Fsp3) is 1.00. The molecule has 0 atom stereocenters. The third-order valence-electron chi connectivity index (χ3n) is 2.57. The minimum absolute atomic E-state index is 0.319. The van der Waals surface area contributed by atoms with E-state index < -0.39 is 0 Å². The summed E-state index contributed by atoms with van der Waals surface area (Å²) in [5, 5.41) is 8.58. The highest BCUT2D eigenvalue weighted by atomic mass is 16.5. The number of aliphatic hydroxyl groups is 1. The number of hydrogen-bond donors (Lipinski definition) is 1. The molecule has 2 rings (SSSR count). The number of nitrogens with zero attached hydrogens (tertiary/aromatic N) is 1. The molecule has 3 nitrogen and oxygen atoms in total. The molecule has 2 aliphatic heterocycles. The summed E-state index contributed by atoms with van der Waals surface area (Å²) in [4.78, 5) is 2.39. The van der Waals surface area contributed by atoms with Crippen molar-refractivity contribution in [3.05, 3.63) is 0 Å². The summed E-state index contributed by atoms with van der Waals surface area (Å²) in [5.41, 5.74) is 0.537. The molecule has 78 valence electrons. The van der Waals surface area contributed by atoms with Crippen molar-refractivity contribution in [1.29, 1.82) is 0 Å². The number of hydrogen-bond acceptors (Lipinski definition) is 3. The lowest BCUT2D eigenvalue weighted by Crippen LogP contribution is -2.65. The van der Waals surface area contributed by atoms with E-state index in [9.17, 15) is 0 Å². The summed E-state index contributed by atoms with van der Waals surface area (Å²) in [6.07, 6.45) is 0.914. The van der Waals surface area contributed by atoms with Gasteiger partial charge in [0, 0.05) is 31.7 Å². The molecule has 0 aliphatic carbocycles. The van der Waals surface area contributed by atoms with Gasteiger partial charge in [0.2, 0.25) is 0 Å². The van der Waals surface area contributed by atoms with Crippen molar-refractivity contribution >= 4 is 0 Å². The van der Waals surface area contributed by atoms with Gasteiger partial charge in [0.05, 0.1) is 13.2 Å². The normalized spacial score (nSPS) is 24.2. The summed E-state index contributed by atoms with van der Waals surface area (Å²) >= 11 is 0. The molecule has 3 heteroatoms. The molecular weight excluding hydrogens is 166 g/mol. The van der Waals surface area contributed by atoms with Crippen molar-refractivity contribution < 1.29 is 9.84 Å². The van der Waals surface area contributed by atoms with Gasteiger partial charge in [-0.3, -0.25) is 0 Å². The Labute approximate surface area is 80.7 Å². The van der Waals surface area contributed by atoms with E-state index in [1.165, 1.54) is 13.1 Å². The van der Waals surface area contributed by atoms with Crippen molar-refractivity contribution in [3.63, 3.8) is 0 Å². The fourth-order valence-corrected chi connectivity index (χ4v) is 1.93. The van der Waals surface area contributed by atoms with Gasteiger partial charge in [0.1, 0.15) is 0 Å². The molecule has 0 saturated carbocycles. The predicted octanol–water partition coefficient (Wildman–Crippen LogP) is 0.727. The Bertz CT molecular complexity index is 138. The van der Waals surface area contributed by atoms with E-state index in [4.69, 9.17) is 9.84 Å². The molecule has 2 fully saturated rings. The zero-order valence-electron chi connectivity index (χ0n) is 8.75. The van der Waals surface area contributed by atoms with E-state index in [1.807, 2.05) is 13.8 Å². The van der Waals surface area contributed by atoms with E-state index in [-0.39, 0.29) is 0 Å². The lowest BCUT2D eigenvalue weighted by Gasteiger charge is -2.55. The van der Waals surface area contributed by atoms with Crippen molar-refractivity contribution in [2.45, 2.75) is 20.3 Å². The average Bonchev–Trinajstić information content (AvgIpc) is 2.03. The van der Waals surface area contributed by atoms with E-state index in [0.717, 1.165) is 26.2 Å². The van der Waals surface area contributed by atoms with Gasteiger partial charge in [-0.05, 0) is 6.42 Å². The first-order chi connectivity index (χ1) is 6.35. The van der Waals surface area contributed by atoms with Crippen LogP contribution >= 0.6 is 0 Å². The highest BCUT2D eigenvalue weighted by molar-refractivity contribution is 4.99. The van der Waals surface area contributed by atoms with Crippen LogP contribution in [0.25, 0.3) is 0 Å². The second-order valence-corrected chi connectivity index (χ2v) is 3.78. The summed E-state index contributed by atoms with van der Waals surface area (Å²) in [7, 11) is 0. The Morgan fingerprint density at radius 2 is 1.92 bits per heavy atom. The highest BCUT2D eigenvalue weighted by Crippen LogP contribution is 2.37. The van der Waals surface area contributed by atoms with Crippen LogP contribution in [0.2, 0.25) is 0 Å². The summed E-state index contributed by atoms with van der Waals surface area (Å²) in [5.74, 6) is 0. The first-order valence-electron chi connectivity index (χ1n) is 5.26. The molecule has 0 bridgehead atoms. The van der Waals surface area contributed by atoms with Gasteiger partial charge in [-0.15, -0.1) is 0 Å². The molecule has 1 spiro atoms. The third kappa shape index (κ3) is 2.42. The number of rotatable bonds is 3. The average molecular weight is 187 g/mol. The molecule has 0 radical (unpaired) electrons. The van der Waals surface area contributed by atoms with Crippen molar-refractivity contribution in [2.24, 2.45) is 5.41 Å². The van der Waals surface area contributed by atoms with Crippen molar-refractivity contribution in [2.75, 3.05) is 39.5 Å². The number of aliphatic hydroxyl groups excluding tert-OH is 1. The van der Waals surface area contributed by atoms with Crippen molar-refractivity contribution in [3.8, 4) is 0 Å². The van der Waals surface area contributed by atoms with Gasteiger partial charge in [0.25, 0.3) is 0 Å². The topological polar surface area (TPSA) is 32.7 Å². The van der Waals surface area contributed by atoms with Gasteiger partial charge < -0.3 is 14.7 Å². The molecule has 2 aliphatic rings. The standard InChI is InChI=1S/C8H15NO2.C2H6/c10-3-1-2-9-4-8(5-9)6-11-7-8;1-2/h10H,1-7H2;1-2H3. The molecule has 2 saturated heterocycles. The second kappa shape index (κ2) is 4.94. The van der Waals surface area contributed by atoms with Crippen LogP contribution in [-0.4, -0.2) is 49.5 Å². The molecule has 0 aromatic carbocycles. The molecule has 0 aromatic heterocycles. The minimum atomic E-state index is 0.319. The van der Waals surface area contributed by atoms with Crippen LogP contribution in [0.15, 0.2) is 0 Å². The lowest BCUT2D eigenvalue weighted by atomic mass is 9.78. The zero-order chi connectivity index (χ0) is 9.73. The molecule has 0 unspecified atom stereocenters. The quantitative estimate of drug-likeness (QED) is 0.707. The Kier molecular flexibility index (Phi) is 4.16. The number of likely N-dealkylation sites (tertiary alicyclic amines) is 1. The van der Waals surface area contributed by atoms with Gasteiger partial charge in [0.15, 0.2) is 0 Å². The van der Waals surface area contributed by atoms with Gasteiger partial charge in [-0.1, -0.05) is 13.8 Å². The van der Waals surface area contributed by atoms with Crippen LogP contribution in [0.5, 0.6) is 0 Å². The van der Waals surface area contributed by atoms with Gasteiger partial charge >= 0.3 is 0 Å². The lowest BCUT2D eigenvalue weighted by molar-refractivity contribution is -0.189. The van der Waals surface area contributed by atoms with E-state index in [0.29, 0.717) is 12.0 Å². The minimum Gasteiger partial charge on any atom is -0.396 e. The van der Waals surface area contributed by atoms with E-state index in [2.05, 4.69) is 4.90 Å². The smallest absolute Gasteiger partial charge is 0.0569 e. The molecule has 2 heterocycles. The molecule has 0 amide bonds. The van der Waals surface area contributed by atoms with Crippen LogP contribution in [0.1, 0.15) is 20.3 Å². The summed E-state index contributed by atoms with van der Waals surface area (Å²) in [6, 6.07) is 0. The summed E-state index contributed by atoms with van der Waals surface area (Å²) < 4.78 is 5.16. The largest absolute Gasteiger partial charge is 0.396 e. The second-order valence-electron chi connectivity index (χ2n) is 3.78. The maximum absolute atomic E-state index is 8.58. The Morgan fingerprint density at radius 1 is 1.31 bits per heavy atom. The monoisotopic (exact) mass is 187 g/mol. The van der Waals surface area contributed by atoms with Crippen LogP contribution in [0.4, 0.5) is 0 Å². The first kappa shape index (κ1) is 11.0. The summed E-state index contributed by atoms with van der Waals surface area (Å²) in [6.45, 7) is 9.67. The maximum atomic E-state index is 8.58. The molecule has 1 N–H and O–H groups in total. The van der Waals surface area contributed by atoms with Crippen LogP contribution in [0.3, 0.4) is 0 Å². The van der Waals surface area contributed by atoms with Gasteiger partial charge in [-0.25, -0.2) is 0 Å². The van der Waals surface area contributed by atoms with Crippen molar-refractivity contribution in [1.82, 2.24) is 4.90 Å². The Morgan fingerprint density at radius 3 is 2.31 bits per heavy atom. The fourth-order valence-electron chi connectivity index (χ4n) is 1.93. The predicted molar refractivity (Wildman–Crippen MR) is 52.7 cm³/mol. The molecule has 13 heavy (non-hydrogen) atoms. The maximum Gasteiger partial charge on any atom is 0.0569 e. The van der Waals surface area contributed by atoms with Crippen LogP contribution < -0.4 is 0 Å². The van der Waals surface area contributed by atoms with Crippen LogP contribution in [0, 0.1) is 5.41 Å². The highest BCUT2D eigenvalue weighted by Gasteiger charge is 2.48. The third-order valence-corrected chi connectivity index (χ3v) is 2.57. The van der Waals surface area contributed by atoms with Crippen LogP contribution in [-0.2, 0) is 4.74 Å². The van der Waals surface area contributed by atoms with Gasteiger partial charge in [-0.2, -0.15) is 0 Å². The number of ether oxygens (including phenoxy) is 1. The molecule has 0 aromatic rings. The molecular formula is C10H21NO2. The Balaban J connectivity index is 0.000000396. The zero-order valence-corrected chi connectivity index (χ0v) is 8.75. The van der Waals surface area contributed by atoms with E-state index >= 15 is 0 Å². The SMILES string of the molecule is CC.OCCCN1CC2(COC2)C1. The first-order valence-corrected chi connectivity index (χ1v) is 5.26. The Hall–Kier alpha value is -0.120. The van der Waals surface area contributed by atoms with E-state index in [1.54, 1.807) is 0 Å².